The molecule has 1 aliphatic rings. The van der Waals surface area contributed by atoms with Gasteiger partial charge in [0.2, 0.25) is 0 Å². The zero-order valence-electron chi connectivity index (χ0n) is 10.5. The smallest absolute Gasteiger partial charge is 0.168 e. The summed E-state index contributed by atoms with van der Waals surface area (Å²) in [5, 5.41) is 5.69. The van der Waals surface area contributed by atoms with Crippen molar-refractivity contribution in [3.05, 3.63) is 22.1 Å². The molecule has 3 aromatic heterocycles. The van der Waals surface area contributed by atoms with E-state index >= 15 is 0 Å². The van der Waals surface area contributed by atoms with Crippen molar-refractivity contribution in [3.63, 3.8) is 0 Å². The highest BCUT2D eigenvalue weighted by Crippen LogP contribution is 2.37. The molecule has 3 heterocycles. The summed E-state index contributed by atoms with van der Waals surface area (Å²) in [6.07, 6.45) is 4.96. The van der Waals surface area contributed by atoms with Crippen LogP contribution in [0.4, 0.5) is 0 Å². The average molecular weight is 258 g/mol. The van der Waals surface area contributed by atoms with E-state index in [4.69, 9.17) is 4.98 Å². The van der Waals surface area contributed by atoms with Gasteiger partial charge in [0.15, 0.2) is 5.65 Å². The van der Waals surface area contributed by atoms with Gasteiger partial charge in [-0.2, -0.15) is 4.52 Å². The zero-order chi connectivity index (χ0) is 12.3. The lowest BCUT2D eigenvalue weighted by molar-refractivity contribution is 0.700. The van der Waals surface area contributed by atoms with Gasteiger partial charge in [0.05, 0.1) is 5.39 Å². The third-order valence-corrected chi connectivity index (χ3v) is 4.84. The molecule has 0 aliphatic heterocycles. The predicted molar refractivity (Wildman–Crippen MR) is 72.3 cm³/mol. The van der Waals surface area contributed by atoms with Crippen LogP contribution in [0.5, 0.6) is 0 Å². The molecular formula is C13H14N4S. The van der Waals surface area contributed by atoms with E-state index in [0.717, 1.165) is 22.1 Å². The summed E-state index contributed by atoms with van der Waals surface area (Å²) in [6, 6.07) is 0. The van der Waals surface area contributed by atoms with Gasteiger partial charge in [-0.15, -0.1) is 16.4 Å². The minimum Gasteiger partial charge on any atom is -0.222 e. The highest BCUT2D eigenvalue weighted by Gasteiger charge is 2.21. The monoisotopic (exact) mass is 258 g/mol. The summed E-state index contributed by atoms with van der Waals surface area (Å²) in [4.78, 5) is 12.0. The quantitative estimate of drug-likeness (QED) is 0.622. The first-order valence-corrected chi connectivity index (χ1v) is 7.20. The summed E-state index contributed by atoms with van der Waals surface area (Å²) in [5.41, 5.74) is 2.47. The van der Waals surface area contributed by atoms with E-state index in [1.807, 2.05) is 29.7 Å². The summed E-state index contributed by atoms with van der Waals surface area (Å²) < 4.78 is 1.89. The molecule has 0 bridgehead atoms. The van der Waals surface area contributed by atoms with Gasteiger partial charge in [0.25, 0.3) is 0 Å². The molecule has 0 N–H and O–H groups in total. The lowest BCUT2D eigenvalue weighted by Crippen LogP contribution is -2.01. The highest BCUT2D eigenvalue weighted by atomic mass is 32.1. The van der Waals surface area contributed by atoms with Crippen molar-refractivity contribution in [3.8, 4) is 0 Å². The van der Waals surface area contributed by atoms with Gasteiger partial charge in [-0.3, -0.25) is 0 Å². The molecule has 1 aliphatic carbocycles. The zero-order valence-corrected chi connectivity index (χ0v) is 11.3. The largest absolute Gasteiger partial charge is 0.222 e. The molecule has 0 spiro atoms. The molecule has 0 unspecified atom stereocenters. The fourth-order valence-electron chi connectivity index (χ4n) is 2.86. The normalized spacial score (nSPS) is 15.4. The van der Waals surface area contributed by atoms with E-state index in [2.05, 4.69) is 10.1 Å². The van der Waals surface area contributed by atoms with Gasteiger partial charge in [-0.05, 0) is 45.1 Å². The Morgan fingerprint density at radius 2 is 1.94 bits per heavy atom. The van der Waals surface area contributed by atoms with Gasteiger partial charge in [0, 0.05) is 4.88 Å². The Bertz CT molecular complexity index is 768. The second kappa shape index (κ2) is 3.51. The van der Waals surface area contributed by atoms with Crippen LogP contribution in [0.1, 0.15) is 34.9 Å². The molecule has 4 rings (SSSR count). The molecular weight excluding hydrogens is 244 g/mol. The number of nitrogens with zero attached hydrogens (tertiary/aromatic N) is 4. The molecule has 0 aromatic carbocycles. The summed E-state index contributed by atoms with van der Waals surface area (Å²) in [6.45, 7) is 3.94. The van der Waals surface area contributed by atoms with Gasteiger partial charge in [-0.1, -0.05) is 0 Å². The first kappa shape index (κ1) is 10.4. The highest BCUT2D eigenvalue weighted by molar-refractivity contribution is 7.19. The maximum atomic E-state index is 4.70. The van der Waals surface area contributed by atoms with Crippen molar-refractivity contribution in [1.29, 1.82) is 0 Å². The van der Waals surface area contributed by atoms with Crippen molar-refractivity contribution >= 4 is 27.2 Å². The van der Waals surface area contributed by atoms with Crippen LogP contribution in [0.15, 0.2) is 0 Å². The lowest BCUT2D eigenvalue weighted by atomic mass is 9.97. The Morgan fingerprint density at radius 1 is 1.11 bits per heavy atom. The SMILES string of the molecule is Cc1nc2c3c4c(sc3nc(C)n2n1)CCCC4. The molecule has 4 nitrogen and oxygen atoms in total. The topological polar surface area (TPSA) is 43.1 Å². The molecule has 5 heteroatoms. The van der Waals surface area contributed by atoms with Crippen LogP contribution in [0, 0.1) is 13.8 Å². The Kier molecular flexibility index (Phi) is 2.03. The summed E-state index contributed by atoms with van der Waals surface area (Å²) in [5.74, 6) is 1.75. The van der Waals surface area contributed by atoms with Crippen LogP contribution < -0.4 is 0 Å². The molecule has 0 saturated carbocycles. The molecule has 0 radical (unpaired) electrons. The van der Waals surface area contributed by atoms with E-state index in [1.54, 1.807) is 0 Å². The van der Waals surface area contributed by atoms with Crippen molar-refractivity contribution in [2.75, 3.05) is 0 Å². The van der Waals surface area contributed by atoms with Gasteiger partial charge in [-0.25, -0.2) is 9.97 Å². The van der Waals surface area contributed by atoms with Gasteiger partial charge >= 0.3 is 0 Å². The first-order chi connectivity index (χ1) is 8.74. The molecule has 0 atom stereocenters. The minimum atomic E-state index is 0.822. The first-order valence-electron chi connectivity index (χ1n) is 6.38. The fraction of sp³-hybridized carbons (Fsp3) is 0.462. The predicted octanol–water partition coefficient (Wildman–Crippen LogP) is 2.83. The summed E-state index contributed by atoms with van der Waals surface area (Å²) >= 11 is 1.85. The third-order valence-electron chi connectivity index (χ3n) is 3.66. The van der Waals surface area contributed by atoms with Gasteiger partial charge < -0.3 is 0 Å². The minimum absolute atomic E-state index is 0.822. The molecule has 18 heavy (non-hydrogen) atoms. The van der Waals surface area contributed by atoms with Crippen LogP contribution in [0.2, 0.25) is 0 Å². The van der Waals surface area contributed by atoms with Crippen LogP contribution in [0.25, 0.3) is 15.9 Å². The maximum Gasteiger partial charge on any atom is 0.168 e. The molecule has 92 valence electrons. The number of thiophene rings is 1. The van der Waals surface area contributed by atoms with E-state index in [9.17, 15) is 0 Å². The van der Waals surface area contributed by atoms with E-state index in [0.29, 0.717) is 0 Å². The maximum absolute atomic E-state index is 4.70. The van der Waals surface area contributed by atoms with Crippen molar-refractivity contribution < 1.29 is 0 Å². The summed E-state index contributed by atoms with van der Waals surface area (Å²) in [7, 11) is 0. The number of aromatic nitrogens is 4. The van der Waals surface area contributed by atoms with E-state index in [1.165, 1.54) is 41.5 Å². The van der Waals surface area contributed by atoms with Crippen molar-refractivity contribution in [2.24, 2.45) is 0 Å². The average Bonchev–Trinajstić information content (AvgIpc) is 2.88. The molecule has 0 fully saturated rings. The van der Waals surface area contributed by atoms with Crippen molar-refractivity contribution in [2.45, 2.75) is 39.5 Å². The third kappa shape index (κ3) is 1.28. The van der Waals surface area contributed by atoms with Gasteiger partial charge in [0.1, 0.15) is 16.5 Å². The molecule has 3 aromatic rings. The van der Waals surface area contributed by atoms with Crippen molar-refractivity contribution in [1.82, 2.24) is 19.6 Å². The van der Waals surface area contributed by atoms with Crippen LogP contribution in [-0.4, -0.2) is 19.6 Å². The number of hydrogen-bond donors (Lipinski definition) is 0. The number of hydrogen-bond acceptors (Lipinski definition) is 4. The lowest BCUT2D eigenvalue weighted by Gasteiger charge is -2.10. The van der Waals surface area contributed by atoms with Crippen LogP contribution in [0.3, 0.4) is 0 Å². The Balaban J connectivity index is 2.21. The molecule has 0 saturated heterocycles. The second-order valence-corrected chi connectivity index (χ2v) is 6.03. The van der Waals surface area contributed by atoms with E-state index in [-0.39, 0.29) is 0 Å². The standard InChI is InChI=1S/C13H14N4S/c1-7-14-12-11-9-5-3-4-6-10(9)18-13(11)15-8(2)17(12)16-7/h3-6H2,1-2H3. The Morgan fingerprint density at radius 3 is 2.83 bits per heavy atom. The number of fused-ring (bicyclic) bond motifs is 5. The fourth-order valence-corrected chi connectivity index (χ4v) is 4.16. The Labute approximate surface area is 109 Å². The van der Waals surface area contributed by atoms with Crippen LogP contribution in [-0.2, 0) is 12.8 Å². The van der Waals surface area contributed by atoms with E-state index < -0.39 is 0 Å². The van der Waals surface area contributed by atoms with Crippen LogP contribution >= 0.6 is 11.3 Å². The number of aryl methyl sites for hydroxylation is 4. The molecule has 0 amide bonds. The number of rotatable bonds is 0. The Hall–Kier alpha value is -1.49. The second-order valence-electron chi connectivity index (χ2n) is 4.94.